The van der Waals surface area contributed by atoms with Gasteiger partial charge in [-0.15, -0.1) is 0 Å². The highest BCUT2D eigenvalue weighted by Crippen LogP contribution is 2.01. The molecule has 1 unspecified atom stereocenters. The Bertz CT molecular complexity index is 338. The standard InChI is InChI=1S/C13H21N3O/c1-11(14)13(17)15-8-9-16(2)10-12-6-4-3-5-7-12/h3-7,11H,8-10,14H2,1-2H3,(H,15,17). The van der Waals surface area contributed by atoms with E-state index in [2.05, 4.69) is 22.3 Å². The number of benzene rings is 1. The molecule has 17 heavy (non-hydrogen) atoms. The van der Waals surface area contributed by atoms with E-state index in [4.69, 9.17) is 5.73 Å². The van der Waals surface area contributed by atoms with Gasteiger partial charge in [0.25, 0.3) is 0 Å². The van der Waals surface area contributed by atoms with Gasteiger partial charge in [0.15, 0.2) is 0 Å². The summed E-state index contributed by atoms with van der Waals surface area (Å²) in [4.78, 5) is 13.4. The van der Waals surface area contributed by atoms with Crippen molar-refractivity contribution >= 4 is 5.91 Å². The molecule has 0 aliphatic rings. The van der Waals surface area contributed by atoms with Gasteiger partial charge < -0.3 is 16.0 Å². The Morgan fingerprint density at radius 1 is 1.41 bits per heavy atom. The molecule has 0 spiro atoms. The average molecular weight is 235 g/mol. The summed E-state index contributed by atoms with van der Waals surface area (Å²) in [6.45, 7) is 4.01. The van der Waals surface area contributed by atoms with Gasteiger partial charge in [0, 0.05) is 19.6 Å². The minimum atomic E-state index is -0.436. The van der Waals surface area contributed by atoms with Crippen LogP contribution in [0.2, 0.25) is 0 Å². The number of nitrogens with two attached hydrogens (primary N) is 1. The van der Waals surface area contributed by atoms with E-state index >= 15 is 0 Å². The lowest BCUT2D eigenvalue weighted by Gasteiger charge is -2.17. The summed E-state index contributed by atoms with van der Waals surface area (Å²) in [5.74, 6) is -0.0990. The molecule has 0 heterocycles. The van der Waals surface area contributed by atoms with E-state index in [0.29, 0.717) is 6.54 Å². The molecule has 0 bridgehead atoms. The summed E-state index contributed by atoms with van der Waals surface area (Å²) in [5.41, 5.74) is 6.72. The fourth-order valence-corrected chi connectivity index (χ4v) is 1.51. The van der Waals surface area contributed by atoms with Gasteiger partial charge in [-0.1, -0.05) is 30.3 Å². The highest BCUT2D eigenvalue weighted by molar-refractivity contribution is 5.80. The molecule has 1 atom stereocenters. The second-order valence-electron chi connectivity index (χ2n) is 4.30. The molecule has 4 nitrogen and oxygen atoms in total. The third kappa shape index (κ3) is 5.47. The van der Waals surface area contributed by atoms with Crippen LogP contribution in [-0.2, 0) is 11.3 Å². The van der Waals surface area contributed by atoms with Crippen LogP contribution in [-0.4, -0.2) is 37.0 Å². The molecule has 1 rings (SSSR count). The van der Waals surface area contributed by atoms with Crippen molar-refractivity contribution in [1.82, 2.24) is 10.2 Å². The summed E-state index contributed by atoms with van der Waals surface area (Å²) in [6, 6.07) is 9.82. The third-order valence-corrected chi connectivity index (χ3v) is 2.50. The van der Waals surface area contributed by atoms with E-state index in [1.807, 2.05) is 25.2 Å². The summed E-state index contributed by atoms with van der Waals surface area (Å²) < 4.78 is 0. The monoisotopic (exact) mass is 235 g/mol. The molecule has 0 aliphatic carbocycles. The van der Waals surface area contributed by atoms with E-state index < -0.39 is 6.04 Å². The normalized spacial score (nSPS) is 12.5. The molecule has 0 radical (unpaired) electrons. The average Bonchev–Trinajstić information content (AvgIpc) is 2.30. The second-order valence-corrected chi connectivity index (χ2v) is 4.30. The number of likely N-dealkylation sites (N-methyl/N-ethyl adjacent to an activating group) is 1. The van der Waals surface area contributed by atoms with Crippen molar-refractivity contribution in [3.63, 3.8) is 0 Å². The van der Waals surface area contributed by atoms with Crippen molar-refractivity contribution in [1.29, 1.82) is 0 Å². The van der Waals surface area contributed by atoms with Crippen molar-refractivity contribution in [2.45, 2.75) is 19.5 Å². The van der Waals surface area contributed by atoms with E-state index in [1.54, 1.807) is 6.92 Å². The quantitative estimate of drug-likeness (QED) is 0.758. The third-order valence-electron chi connectivity index (χ3n) is 2.50. The molecule has 0 saturated heterocycles. The number of hydrogen-bond donors (Lipinski definition) is 2. The number of hydrogen-bond acceptors (Lipinski definition) is 3. The Kier molecular flexibility index (Phi) is 5.66. The Labute approximate surface area is 103 Å². The zero-order chi connectivity index (χ0) is 12.7. The van der Waals surface area contributed by atoms with Gasteiger partial charge in [0.05, 0.1) is 6.04 Å². The first-order valence-corrected chi connectivity index (χ1v) is 5.85. The highest BCUT2D eigenvalue weighted by Gasteiger charge is 2.06. The van der Waals surface area contributed by atoms with Crippen LogP contribution in [0.4, 0.5) is 0 Å². The van der Waals surface area contributed by atoms with Gasteiger partial charge in [0.1, 0.15) is 0 Å². The molecule has 0 fully saturated rings. The number of nitrogens with one attached hydrogen (secondary N) is 1. The van der Waals surface area contributed by atoms with E-state index in [9.17, 15) is 4.79 Å². The van der Waals surface area contributed by atoms with Crippen LogP contribution in [0.5, 0.6) is 0 Å². The lowest BCUT2D eigenvalue weighted by molar-refractivity contribution is -0.122. The van der Waals surface area contributed by atoms with Crippen LogP contribution in [0.15, 0.2) is 30.3 Å². The highest BCUT2D eigenvalue weighted by atomic mass is 16.2. The fourth-order valence-electron chi connectivity index (χ4n) is 1.51. The molecular weight excluding hydrogens is 214 g/mol. The SMILES string of the molecule is CC(N)C(=O)NCCN(C)Cc1ccccc1. The summed E-state index contributed by atoms with van der Waals surface area (Å²) >= 11 is 0. The number of carbonyl (C=O) groups is 1. The Morgan fingerprint density at radius 3 is 2.65 bits per heavy atom. The maximum atomic E-state index is 11.2. The maximum Gasteiger partial charge on any atom is 0.236 e. The first-order valence-electron chi connectivity index (χ1n) is 5.85. The number of amides is 1. The van der Waals surface area contributed by atoms with Gasteiger partial charge in [-0.25, -0.2) is 0 Å². The zero-order valence-electron chi connectivity index (χ0n) is 10.5. The minimum Gasteiger partial charge on any atom is -0.353 e. The first-order chi connectivity index (χ1) is 8.09. The van der Waals surface area contributed by atoms with E-state index in [-0.39, 0.29) is 5.91 Å². The summed E-state index contributed by atoms with van der Waals surface area (Å²) in [6.07, 6.45) is 0. The lowest BCUT2D eigenvalue weighted by atomic mass is 10.2. The van der Waals surface area contributed by atoms with Gasteiger partial charge in [-0.2, -0.15) is 0 Å². The van der Waals surface area contributed by atoms with Crippen LogP contribution in [0.1, 0.15) is 12.5 Å². The van der Waals surface area contributed by atoms with Crippen molar-refractivity contribution in [3.05, 3.63) is 35.9 Å². The maximum absolute atomic E-state index is 11.2. The van der Waals surface area contributed by atoms with Gasteiger partial charge in [-0.3, -0.25) is 4.79 Å². The molecule has 4 heteroatoms. The summed E-state index contributed by atoms with van der Waals surface area (Å²) in [7, 11) is 2.03. The predicted molar refractivity (Wildman–Crippen MR) is 69.4 cm³/mol. The van der Waals surface area contributed by atoms with Crippen LogP contribution in [0.25, 0.3) is 0 Å². The van der Waals surface area contributed by atoms with Gasteiger partial charge in [-0.05, 0) is 19.5 Å². The topological polar surface area (TPSA) is 58.4 Å². The van der Waals surface area contributed by atoms with Crippen LogP contribution >= 0.6 is 0 Å². The predicted octanol–water partition coefficient (Wildman–Crippen LogP) is 0.582. The molecule has 1 aromatic carbocycles. The molecule has 94 valence electrons. The smallest absolute Gasteiger partial charge is 0.236 e. The molecule has 1 amide bonds. The van der Waals surface area contributed by atoms with Crippen molar-refractivity contribution < 1.29 is 4.79 Å². The lowest BCUT2D eigenvalue weighted by Crippen LogP contribution is -2.41. The van der Waals surface area contributed by atoms with Gasteiger partial charge in [0.2, 0.25) is 5.91 Å². The molecular formula is C13H21N3O. The number of rotatable bonds is 6. The zero-order valence-corrected chi connectivity index (χ0v) is 10.5. The Hall–Kier alpha value is -1.39. The van der Waals surface area contributed by atoms with Crippen molar-refractivity contribution in [2.24, 2.45) is 5.73 Å². The second kappa shape index (κ2) is 7.04. The molecule has 0 aliphatic heterocycles. The molecule has 1 aromatic rings. The Balaban J connectivity index is 2.22. The Morgan fingerprint density at radius 2 is 2.06 bits per heavy atom. The first kappa shape index (κ1) is 13.7. The fraction of sp³-hybridized carbons (Fsp3) is 0.462. The minimum absolute atomic E-state index is 0.0990. The van der Waals surface area contributed by atoms with Gasteiger partial charge >= 0.3 is 0 Å². The van der Waals surface area contributed by atoms with Crippen LogP contribution in [0.3, 0.4) is 0 Å². The molecule has 0 aromatic heterocycles. The van der Waals surface area contributed by atoms with Crippen LogP contribution < -0.4 is 11.1 Å². The largest absolute Gasteiger partial charge is 0.353 e. The van der Waals surface area contributed by atoms with Crippen molar-refractivity contribution in [2.75, 3.05) is 20.1 Å². The van der Waals surface area contributed by atoms with Crippen molar-refractivity contribution in [3.8, 4) is 0 Å². The van der Waals surface area contributed by atoms with Crippen LogP contribution in [0, 0.1) is 0 Å². The number of carbonyl (C=O) groups excluding carboxylic acids is 1. The van der Waals surface area contributed by atoms with E-state index in [0.717, 1.165) is 13.1 Å². The molecule has 3 N–H and O–H groups in total. The molecule has 0 saturated carbocycles. The van der Waals surface area contributed by atoms with E-state index in [1.165, 1.54) is 5.56 Å². The number of nitrogens with zero attached hydrogens (tertiary/aromatic N) is 1. The summed E-state index contributed by atoms with van der Waals surface area (Å²) in [5, 5.41) is 2.79.